The fraction of sp³-hybridized carbons (Fsp3) is 0.333. The molecular weight excluding hydrogens is 324 g/mol. The summed E-state index contributed by atoms with van der Waals surface area (Å²) in [5.74, 6) is 0.685. The van der Waals surface area contributed by atoms with Gasteiger partial charge in [0.05, 0.1) is 5.69 Å². The number of para-hydroxylation sites is 1. The van der Waals surface area contributed by atoms with Crippen molar-refractivity contribution in [1.29, 1.82) is 0 Å². The molecule has 0 radical (unpaired) electrons. The number of fused-ring (bicyclic) bond motifs is 1. The van der Waals surface area contributed by atoms with Crippen molar-refractivity contribution in [1.82, 2.24) is 5.32 Å². The Morgan fingerprint density at radius 3 is 2.62 bits per heavy atom. The Labute approximate surface area is 144 Å². The predicted octanol–water partition coefficient (Wildman–Crippen LogP) is 4.52. The third kappa shape index (κ3) is 3.23. The SMILES string of the molecule is CNCCCC1Oc2ccc(C)cc2N(c2ccccc2)S1(O)O. The molecule has 1 aliphatic rings. The van der Waals surface area contributed by atoms with Crippen LogP contribution in [0.25, 0.3) is 0 Å². The number of benzene rings is 2. The average Bonchev–Trinajstić information content (AvgIpc) is 2.56. The fourth-order valence-electron chi connectivity index (χ4n) is 2.87. The van der Waals surface area contributed by atoms with E-state index in [0.717, 1.165) is 24.2 Å². The first-order chi connectivity index (χ1) is 11.5. The second-order valence-corrected chi connectivity index (χ2v) is 7.97. The summed E-state index contributed by atoms with van der Waals surface area (Å²) in [7, 11) is -1.26. The summed E-state index contributed by atoms with van der Waals surface area (Å²) >= 11 is 0. The van der Waals surface area contributed by atoms with E-state index in [1.54, 1.807) is 4.31 Å². The molecule has 0 saturated carbocycles. The largest absolute Gasteiger partial charge is 0.467 e. The summed E-state index contributed by atoms with van der Waals surface area (Å²) in [6, 6.07) is 15.3. The highest BCUT2D eigenvalue weighted by Gasteiger charge is 2.40. The minimum absolute atomic E-state index is 0.569. The molecule has 2 aromatic carbocycles. The van der Waals surface area contributed by atoms with E-state index in [4.69, 9.17) is 4.74 Å². The number of nitrogens with zero attached hydrogens (tertiary/aromatic N) is 1. The molecule has 0 saturated heterocycles. The number of hydrogen-bond acceptors (Lipinski definition) is 5. The maximum Gasteiger partial charge on any atom is 0.206 e. The zero-order chi connectivity index (χ0) is 17.2. The molecule has 130 valence electrons. The van der Waals surface area contributed by atoms with Crippen LogP contribution in [0.4, 0.5) is 11.4 Å². The second kappa shape index (κ2) is 7.03. The molecule has 6 heteroatoms. The van der Waals surface area contributed by atoms with Gasteiger partial charge in [0.1, 0.15) is 11.4 Å². The van der Waals surface area contributed by atoms with Gasteiger partial charge in [0.15, 0.2) is 0 Å². The van der Waals surface area contributed by atoms with Gasteiger partial charge in [0.2, 0.25) is 5.44 Å². The molecule has 0 spiro atoms. The average molecular weight is 348 g/mol. The van der Waals surface area contributed by atoms with Gasteiger partial charge in [0.25, 0.3) is 0 Å². The van der Waals surface area contributed by atoms with Gasteiger partial charge in [-0.05, 0) is 56.8 Å². The van der Waals surface area contributed by atoms with Crippen molar-refractivity contribution in [3.8, 4) is 5.75 Å². The van der Waals surface area contributed by atoms with Crippen LogP contribution in [0.1, 0.15) is 18.4 Å². The molecule has 0 fully saturated rings. The van der Waals surface area contributed by atoms with Gasteiger partial charge >= 0.3 is 0 Å². The maximum absolute atomic E-state index is 11.0. The van der Waals surface area contributed by atoms with Gasteiger partial charge in [-0.25, -0.2) is 4.31 Å². The normalized spacial score (nSPS) is 20.2. The Kier molecular flexibility index (Phi) is 5.01. The minimum atomic E-state index is -3.14. The van der Waals surface area contributed by atoms with Gasteiger partial charge in [0, 0.05) is 6.42 Å². The smallest absolute Gasteiger partial charge is 0.206 e. The monoisotopic (exact) mass is 348 g/mol. The van der Waals surface area contributed by atoms with Crippen LogP contribution in [0.2, 0.25) is 0 Å². The van der Waals surface area contributed by atoms with Crippen LogP contribution in [-0.4, -0.2) is 28.1 Å². The van der Waals surface area contributed by atoms with E-state index in [9.17, 15) is 9.11 Å². The van der Waals surface area contributed by atoms with E-state index >= 15 is 0 Å². The fourth-order valence-corrected chi connectivity index (χ4v) is 4.69. The summed E-state index contributed by atoms with van der Waals surface area (Å²) in [6.07, 6.45) is 1.38. The van der Waals surface area contributed by atoms with Crippen molar-refractivity contribution in [3.63, 3.8) is 0 Å². The third-order valence-electron chi connectivity index (χ3n) is 4.07. The van der Waals surface area contributed by atoms with Crippen molar-refractivity contribution >= 4 is 22.2 Å². The van der Waals surface area contributed by atoms with E-state index in [2.05, 4.69) is 5.32 Å². The van der Waals surface area contributed by atoms with Gasteiger partial charge in [-0.3, -0.25) is 9.11 Å². The number of ether oxygens (including phenoxy) is 1. The lowest BCUT2D eigenvalue weighted by Gasteiger charge is -2.52. The Morgan fingerprint density at radius 1 is 1.17 bits per heavy atom. The number of nitrogens with one attached hydrogen (secondary N) is 1. The highest BCUT2D eigenvalue weighted by Crippen LogP contribution is 2.61. The van der Waals surface area contributed by atoms with Crippen LogP contribution in [-0.2, 0) is 0 Å². The zero-order valence-corrected chi connectivity index (χ0v) is 14.8. The van der Waals surface area contributed by atoms with Gasteiger partial charge in [-0.1, -0.05) is 35.0 Å². The van der Waals surface area contributed by atoms with Crippen molar-refractivity contribution in [2.45, 2.75) is 25.2 Å². The van der Waals surface area contributed by atoms with Crippen molar-refractivity contribution in [2.75, 3.05) is 17.9 Å². The first-order valence-corrected chi connectivity index (χ1v) is 9.65. The molecule has 24 heavy (non-hydrogen) atoms. The zero-order valence-electron chi connectivity index (χ0n) is 14.0. The van der Waals surface area contributed by atoms with Crippen LogP contribution >= 0.6 is 10.8 Å². The molecular formula is C18H24N2O3S. The number of anilines is 2. The summed E-state index contributed by atoms with van der Waals surface area (Å²) in [5.41, 5.74) is 1.85. The summed E-state index contributed by atoms with van der Waals surface area (Å²) in [4.78, 5) is 0. The molecule has 0 bridgehead atoms. The van der Waals surface area contributed by atoms with Crippen molar-refractivity contribution in [2.24, 2.45) is 0 Å². The Hall–Kier alpha value is -1.73. The Balaban J connectivity index is 2.04. The van der Waals surface area contributed by atoms with Crippen molar-refractivity contribution in [3.05, 3.63) is 54.1 Å². The first-order valence-electron chi connectivity index (χ1n) is 8.08. The quantitative estimate of drug-likeness (QED) is 0.694. The molecule has 1 atom stereocenters. The van der Waals surface area contributed by atoms with E-state index in [0.29, 0.717) is 17.9 Å². The highest BCUT2D eigenvalue weighted by molar-refractivity contribution is 8.26. The number of rotatable bonds is 5. The Morgan fingerprint density at radius 2 is 1.92 bits per heavy atom. The molecule has 3 rings (SSSR count). The second-order valence-electron chi connectivity index (χ2n) is 5.96. The number of aryl methyl sites for hydroxylation is 1. The molecule has 1 heterocycles. The molecule has 5 nitrogen and oxygen atoms in total. The van der Waals surface area contributed by atoms with Crippen LogP contribution in [0.15, 0.2) is 48.5 Å². The lowest BCUT2D eigenvalue weighted by molar-refractivity contribution is 0.235. The minimum Gasteiger partial charge on any atom is -0.467 e. The lowest BCUT2D eigenvalue weighted by Crippen LogP contribution is -2.39. The molecule has 1 aliphatic heterocycles. The molecule has 3 N–H and O–H groups in total. The molecule has 2 aromatic rings. The van der Waals surface area contributed by atoms with Gasteiger partial charge < -0.3 is 10.1 Å². The first kappa shape index (κ1) is 17.1. The van der Waals surface area contributed by atoms with E-state index in [1.807, 2.05) is 62.5 Å². The summed E-state index contributed by atoms with van der Waals surface area (Å²) < 4.78 is 29.6. The van der Waals surface area contributed by atoms with Crippen LogP contribution in [0.3, 0.4) is 0 Å². The highest BCUT2D eigenvalue weighted by atomic mass is 32.3. The molecule has 0 aliphatic carbocycles. The van der Waals surface area contributed by atoms with Gasteiger partial charge in [-0.15, -0.1) is 0 Å². The topological polar surface area (TPSA) is 65.0 Å². The van der Waals surface area contributed by atoms with Crippen LogP contribution in [0, 0.1) is 6.92 Å². The number of hydrogen-bond donors (Lipinski definition) is 3. The van der Waals surface area contributed by atoms with Crippen LogP contribution in [0.5, 0.6) is 5.75 Å². The van der Waals surface area contributed by atoms with Gasteiger partial charge in [-0.2, -0.15) is 0 Å². The summed E-state index contributed by atoms with van der Waals surface area (Å²) in [6.45, 7) is 2.79. The van der Waals surface area contributed by atoms with E-state index < -0.39 is 16.2 Å². The third-order valence-corrected chi connectivity index (χ3v) is 6.05. The van der Waals surface area contributed by atoms with E-state index in [1.165, 1.54) is 0 Å². The van der Waals surface area contributed by atoms with E-state index in [-0.39, 0.29) is 0 Å². The maximum atomic E-state index is 11.0. The molecule has 0 amide bonds. The van der Waals surface area contributed by atoms with Crippen LogP contribution < -0.4 is 14.4 Å². The summed E-state index contributed by atoms with van der Waals surface area (Å²) in [5, 5.41) is 3.08. The predicted molar refractivity (Wildman–Crippen MR) is 100 cm³/mol. The van der Waals surface area contributed by atoms with Crippen molar-refractivity contribution < 1.29 is 13.8 Å². The lowest BCUT2D eigenvalue weighted by atomic mass is 10.2. The molecule has 0 aromatic heterocycles. The Bertz CT molecular complexity index is 694. The molecule has 1 unspecified atom stereocenters. The standard InChI is InChI=1S/C18H24N2O3S/c1-14-10-11-17-16(13-14)20(15-7-4-3-5-8-15)24(21,22)18(23-17)9-6-12-19-2/h3-5,7-8,10-11,13,18-19,21-22H,6,9,12H2,1-2H3.